The number of methoxy groups -OCH3 is 1. The van der Waals surface area contributed by atoms with Gasteiger partial charge in [0.15, 0.2) is 11.6 Å². The monoisotopic (exact) mass is 484 g/mol. The smallest absolute Gasteiger partial charge is 0.355 e. The van der Waals surface area contributed by atoms with Crippen LogP contribution in [0.15, 0.2) is 52.1 Å². The van der Waals surface area contributed by atoms with Crippen LogP contribution in [0, 0.1) is 12.7 Å². The molecule has 0 radical (unpaired) electrons. The molecule has 1 N–H and O–H groups in total. The molecule has 0 aliphatic carbocycles. The standard InChI is InChI=1S/C25H29FN4O5/c1-15(2)35-21-11-10-19(13-20(21)26)27-23-28-24(32)30(17(4)12-22(31)34-5)25(33)29(23)14-18-8-6-16(3)7-9-18/h6-11,13,15,17H,12,14H2,1-5H3,(H,27,28,32)/t17-/m0/s1. The van der Waals surface area contributed by atoms with Crippen molar-refractivity contribution in [1.29, 1.82) is 0 Å². The largest absolute Gasteiger partial charge is 0.488 e. The fourth-order valence-corrected chi connectivity index (χ4v) is 3.47. The fraction of sp³-hybridized carbons (Fsp3) is 0.360. The molecule has 0 spiro atoms. The Hall–Kier alpha value is -3.95. The van der Waals surface area contributed by atoms with Crippen molar-refractivity contribution in [3.63, 3.8) is 0 Å². The van der Waals surface area contributed by atoms with E-state index in [1.54, 1.807) is 26.8 Å². The normalized spacial score (nSPS) is 11.9. The molecule has 186 valence electrons. The number of nitrogens with zero attached hydrogens (tertiary/aromatic N) is 3. The summed E-state index contributed by atoms with van der Waals surface area (Å²) in [5, 5.41) is 2.88. The van der Waals surface area contributed by atoms with Crippen molar-refractivity contribution >= 4 is 17.6 Å². The lowest BCUT2D eigenvalue weighted by molar-refractivity contribution is -0.141. The van der Waals surface area contributed by atoms with Crippen LogP contribution < -0.4 is 21.4 Å². The van der Waals surface area contributed by atoms with Crippen LogP contribution in [0.25, 0.3) is 0 Å². The van der Waals surface area contributed by atoms with Crippen LogP contribution in [0.4, 0.5) is 16.0 Å². The number of hydrogen-bond acceptors (Lipinski definition) is 7. The van der Waals surface area contributed by atoms with Gasteiger partial charge in [-0.2, -0.15) is 4.98 Å². The van der Waals surface area contributed by atoms with E-state index in [9.17, 15) is 18.8 Å². The lowest BCUT2D eigenvalue weighted by Gasteiger charge is -2.19. The maximum Gasteiger partial charge on any atom is 0.355 e. The van der Waals surface area contributed by atoms with Gasteiger partial charge in [-0.05, 0) is 45.4 Å². The molecule has 0 amide bonds. The van der Waals surface area contributed by atoms with E-state index < -0.39 is 29.2 Å². The molecular weight excluding hydrogens is 455 g/mol. The zero-order valence-corrected chi connectivity index (χ0v) is 20.4. The maximum atomic E-state index is 14.5. The molecule has 0 aliphatic heterocycles. The van der Waals surface area contributed by atoms with Crippen molar-refractivity contribution in [1.82, 2.24) is 14.1 Å². The molecule has 0 unspecified atom stereocenters. The second-order valence-electron chi connectivity index (χ2n) is 8.51. The number of hydrogen-bond donors (Lipinski definition) is 1. The van der Waals surface area contributed by atoms with Crippen molar-refractivity contribution in [2.24, 2.45) is 0 Å². The third kappa shape index (κ3) is 6.34. The molecule has 3 rings (SSSR count). The van der Waals surface area contributed by atoms with Crippen molar-refractivity contribution in [3.05, 3.63) is 80.4 Å². The minimum absolute atomic E-state index is 0.0565. The first-order valence-electron chi connectivity index (χ1n) is 11.2. The van der Waals surface area contributed by atoms with Crippen LogP contribution in [0.5, 0.6) is 5.75 Å². The number of nitrogens with one attached hydrogen (secondary N) is 1. The molecule has 1 aromatic heterocycles. The van der Waals surface area contributed by atoms with E-state index in [0.717, 1.165) is 15.7 Å². The van der Waals surface area contributed by atoms with E-state index in [4.69, 9.17) is 4.74 Å². The van der Waals surface area contributed by atoms with Crippen molar-refractivity contribution in [2.45, 2.75) is 52.8 Å². The van der Waals surface area contributed by atoms with Gasteiger partial charge >= 0.3 is 17.3 Å². The van der Waals surface area contributed by atoms with Crippen LogP contribution in [0.3, 0.4) is 0 Å². The number of benzene rings is 2. The van der Waals surface area contributed by atoms with E-state index >= 15 is 0 Å². The van der Waals surface area contributed by atoms with E-state index in [1.165, 1.54) is 23.8 Å². The summed E-state index contributed by atoms with van der Waals surface area (Å²) in [4.78, 5) is 42.0. The molecule has 0 bridgehead atoms. The number of aromatic nitrogens is 3. The van der Waals surface area contributed by atoms with Gasteiger partial charge in [0.05, 0.1) is 32.2 Å². The summed E-state index contributed by atoms with van der Waals surface area (Å²) in [6.45, 7) is 7.18. The second-order valence-corrected chi connectivity index (χ2v) is 8.51. The van der Waals surface area contributed by atoms with Crippen molar-refractivity contribution < 1.29 is 18.7 Å². The summed E-state index contributed by atoms with van der Waals surface area (Å²) in [5.74, 6) is -1.13. The SMILES string of the molecule is COC(=O)C[C@H](C)n1c(=O)nc(Nc2ccc(OC(C)C)c(F)c2)n(Cc2ccc(C)cc2)c1=O. The van der Waals surface area contributed by atoms with E-state index in [2.05, 4.69) is 15.0 Å². The zero-order chi connectivity index (χ0) is 25.7. The first-order valence-corrected chi connectivity index (χ1v) is 11.2. The van der Waals surface area contributed by atoms with Gasteiger partial charge in [-0.1, -0.05) is 29.8 Å². The van der Waals surface area contributed by atoms with Gasteiger partial charge in [0, 0.05) is 11.8 Å². The summed E-state index contributed by atoms with van der Waals surface area (Å²) < 4.78 is 26.8. The molecular formula is C25H29FN4O5. The Morgan fingerprint density at radius 2 is 1.80 bits per heavy atom. The van der Waals surface area contributed by atoms with Crippen LogP contribution in [0.2, 0.25) is 0 Å². The molecule has 0 saturated heterocycles. The number of anilines is 2. The molecule has 1 atom stereocenters. The molecule has 0 saturated carbocycles. The predicted molar refractivity (Wildman–Crippen MR) is 130 cm³/mol. The number of carbonyl (C=O) groups excluding carboxylic acids is 1. The molecule has 35 heavy (non-hydrogen) atoms. The topological polar surface area (TPSA) is 104 Å². The van der Waals surface area contributed by atoms with Gasteiger partial charge in [-0.15, -0.1) is 0 Å². The van der Waals surface area contributed by atoms with Gasteiger partial charge in [0.1, 0.15) is 0 Å². The van der Waals surface area contributed by atoms with E-state index in [1.807, 2.05) is 31.2 Å². The molecule has 1 heterocycles. The first kappa shape index (κ1) is 25.7. The Kier molecular flexibility index (Phi) is 8.06. The highest BCUT2D eigenvalue weighted by Gasteiger charge is 2.21. The number of halogens is 1. The highest BCUT2D eigenvalue weighted by atomic mass is 19.1. The summed E-state index contributed by atoms with van der Waals surface area (Å²) in [6, 6.07) is 11.0. The van der Waals surface area contributed by atoms with Gasteiger partial charge in [-0.25, -0.2) is 18.5 Å². The highest BCUT2D eigenvalue weighted by molar-refractivity contribution is 5.69. The lowest BCUT2D eigenvalue weighted by Crippen LogP contribution is -2.44. The number of rotatable bonds is 9. The highest BCUT2D eigenvalue weighted by Crippen LogP contribution is 2.24. The zero-order valence-electron chi connectivity index (χ0n) is 20.4. The van der Waals surface area contributed by atoms with Crippen molar-refractivity contribution in [3.8, 4) is 5.75 Å². The van der Waals surface area contributed by atoms with Crippen LogP contribution in [-0.4, -0.2) is 33.3 Å². The minimum atomic E-state index is -0.839. The first-order chi connectivity index (χ1) is 16.6. The Labute approximate surface area is 202 Å². The second kappa shape index (κ2) is 11.0. The van der Waals surface area contributed by atoms with Crippen molar-refractivity contribution in [2.75, 3.05) is 12.4 Å². The Bertz CT molecular complexity index is 1310. The van der Waals surface area contributed by atoms with Gasteiger partial charge in [0.25, 0.3) is 0 Å². The number of carbonyl (C=O) groups is 1. The van der Waals surface area contributed by atoms with Gasteiger partial charge in [-0.3, -0.25) is 9.36 Å². The molecule has 0 fully saturated rings. The quantitative estimate of drug-likeness (QED) is 0.463. The number of aryl methyl sites for hydroxylation is 1. The molecule has 3 aromatic rings. The Morgan fingerprint density at radius 1 is 1.11 bits per heavy atom. The van der Waals surface area contributed by atoms with Gasteiger partial charge < -0.3 is 14.8 Å². The average Bonchev–Trinajstić information content (AvgIpc) is 2.79. The van der Waals surface area contributed by atoms with Crippen LogP contribution >= 0.6 is 0 Å². The minimum Gasteiger partial charge on any atom is -0.488 e. The van der Waals surface area contributed by atoms with E-state index in [0.29, 0.717) is 0 Å². The molecule has 10 heteroatoms. The summed E-state index contributed by atoms with van der Waals surface area (Å²) in [5.41, 5.74) is 0.621. The summed E-state index contributed by atoms with van der Waals surface area (Å²) in [7, 11) is 1.23. The number of ether oxygens (including phenoxy) is 2. The number of esters is 1. The summed E-state index contributed by atoms with van der Waals surface area (Å²) >= 11 is 0. The van der Waals surface area contributed by atoms with Crippen LogP contribution in [0.1, 0.15) is 44.4 Å². The molecule has 9 nitrogen and oxygen atoms in total. The van der Waals surface area contributed by atoms with Gasteiger partial charge in [0.2, 0.25) is 5.95 Å². The third-order valence-electron chi connectivity index (χ3n) is 5.24. The van der Waals surface area contributed by atoms with E-state index in [-0.39, 0.29) is 36.5 Å². The average molecular weight is 485 g/mol. The third-order valence-corrected chi connectivity index (χ3v) is 5.24. The van der Waals surface area contributed by atoms with Crippen LogP contribution in [-0.2, 0) is 16.1 Å². The fourth-order valence-electron chi connectivity index (χ4n) is 3.47. The summed E-state index contributed by atoms with van der Waals surface area (Å²) in [6.07, 6.45) is -0.378. The maximum absolute atomic E-state index is 14.5. The Morgan fingerprint density at radius 3 is 2.40 bits per heavy atom. The lowest BCUT2D eigenvalue weighted by atomic mass is 10.1. The molecule has 2 aromatic carbocycles. The Balaban J connectivity index is 2.06. The predicted octanol–water partition coefficient (Wildman–Crippen LogP) is 3.56. The molecule has 0 aliphatic rings.